The molecule has 1 amide bonds. The molecule has 134 valence electrons. The lowest BCUT2D eigenvalue weighted by Gasteiger charge is -2.26. The summed E-state index contributed by atoms with van der Waals surface area (Å²) < 4.78 is 7.21. The van der Waals surface area contributed by atoms with Crippen LogP contribution in [-0.4, -0.2) is 70.7 Å². The first-order valence-corrected chi connectivity index (χ1v) is 9.37. The van der Waals surface area contributed by atoms with Crippen molar-refractivity contribution in [1.29, 1.82) is 0 Å². The van der Waals surface area contributed by atoms with Crippen LogP contribution in [0, 0.1) is 6.92 Å². The molecule has 2 heterocycles. The predicted molar refractivity (Wildman–Crippen MR) is 97.1 cm³/mol. The minimum atomic E-state index is 0.0108. The molecule has 1 N–H and O–H groups in total. The van der Waals surface area contributed by atoms with Crippen molar-refractivity contribution in [2.45, 2.75) is 12.1 Å². The van der Waals surface area contributed by atoms with Crippen LogP contribution in [0.5, 0.6) is 0 Å². The number of thioether (sulfide) groups is 1. The topological polar surface area (TPSA) is 72.3 Å². The zero-order chi connectivity index (χ0) is 17.5. The molecule has 0 bridgehead atoms. The van der Waals surface area contributed by atoms with Gasteiger partial charge in [0.1, 0.15) is 6.33 Å². The minimum Gasteiger partial charge on any atom is -0.379 e. The van der Waals surface area contributed by atoms with Crippen LogP contribution >= 0.6 is 11.8 Å². The predicted octanol–water partition coefficient (Wildman–Crippen LogP) is 1.12. The second kappa shape index (κ2) is 8.98. The van der Waals surface area contributed by atoms with E-state index in [9.17, 15) is 4.79 Å². The van der Waals surface area contributed by atoms with Gasteiger partial charge in [0.2, 0.25) is 5.91 Å². The molecule has 0 saturated carbocycles. The fraction of sp³-hybridized carbons (Fsp3) is 0.471. The number of aromatic nitrogens is 3. The molecule has 25 heavy (non-hydrogen) atoms. The van der Waals surface area contributed by atoms with Crippen LogP contribution < -0.4 is 5.32 Å². The SMILES string of the molecule is Cc1ccc(-n2cnnc2SCC(=O)NCCN2CCOCC2)cc1. The molecule has 0 radical (unpaired) electrons. The van der Waals surface area contributed by atoms with Crippen LogP contribution in [0.3, 0.4) is 0 Å². The molecule has 7 nitrogen and oxygen atoms in total. The van der Waals surface area contributed by atoms with Crippen molar-refractivity contribution < 1.29 is 9.53 Å². The molecule has 1 aromatic carbocycles. The lowest BCUT2D eigenvalue weighted by atomic mass is 10.2. The molecule has 1 fully saturated rings. The Hall–Kier alpha value is -1.90. The van der Waals surface area contributed by atoms with E-state index in [1.807, 2.05) is 35.8 Å². The second-order valence-corrected chi connectivity index (χ2v) is 6.85. The van der Waals surface area contributed by atoms with Crippen molar-refractivity contribution in [3.63, 3.8) is 0 Å². The highest BCUT2D eigenvalue weighted by Gasteiger charge is 2.12. The van der Waals surface area contributed by atoms with Crippen molar-refractivity contribution in [3.8, 4) is 5.69 Å². The molecule has 1 aliphatic rings. The number of benzene rings is 1. The number of aryl methyl sites for hydroxylation is 1. The molecule has 3 rings (SSSR count). The highest BCUT2D eigenvalue weighted by molar-refractivity contribution is 7.99. The van der Waals surface area contributed by atoms with Crippen molar-refractivity contribution in [2.75, 3.05) is 45.1 Å². The average molecular weight is 361 g/mol. The minimum absolute atomic E-state index is 0.0108. The zero-order valence-electron chi connectivity index (χ0n) is 14.4. The second-order valence-electron chi connectivity index (χ2n) is 5.91. The number of ether oxygens (including phenoxy) is 1. The third-order valence-electron chi connectivity index (χ3n) is 4.01. The van der Waals surface area contributed by atoms with Crippen molar-refractivity contribution in [2.24, 2.45) is 0 Å². The van der Waals surface area contributed by atoms with Crippen molar-refractivity contribution >= 4 is 17.7 Å². The molecular formula is C17H23N5O2S. The molecule has 0 aliphatic carbocycles. The van der Waals surface area contributed by atoms with Gasteiger partial charge >= 0.3 is 0 Å². The quantitative estimate of drug-likeness (QED) is 0.745. The highest BCUT2D eigenvalue weighted by atomic mass is 32.2. The maximum atomic E-state index is 12.0. The summed E-state index contributed by atoms with van der Waals surface area (Å²) in [4.78, 5) is 14.3. The molecule has 2 aromatic rings. The van der Waals surface area contributed by atoms with Gasteiger partial charge in [-0.15, -0.1) is 10.2 Å². The maximum absolute atomic E-state index is 12.0. The fourth-order valence-corrected chi connectivity index (χ4v) is 3.32. The maximum Gasteiger partial charge on any atom is 0.230 e. The van der Waals surface area contributed by atoms with Crippen molar-refractivity contribution in [3.05, 3.63) is 36.2 Å². The van der Waals surface area contributed by atoms with Gasteiger partial charge in [0.15, 0.2) is 5.16 Å². The van der Waals surface area contributed by atoms with Crippen molar-refractivity contribution in [1.82, 2.24) is 25.0 Å². The van der Waals surface area contributed by atoms with Gasteiger partial charge in [-0.2, -0.15) is 0 Å². The number of morpholine rings is 1. The Morgan fingerprint density at radius 2 is 2.04 bits per heavy atom. The molecule has 1 aromatic heterocycles. The van der Waals surface area contributed by atoms with E-state index in [2.05, 4.69) is 20.4 Å². The molecule has 0 unspecified atom stereocenters. The summed E-state index contributed by atoms with van der Waals surface area (Å²) in [6, 6.07) is 8.13. The molecule has 0 atom stereocenters. The molecular weight excluding hydrogens is 338 g/mol. The number of carbonyl (C=O) groups excluding carboxylic acids is 1. The lowest BCUT2D eigenvalue weighted by Crippen LogP contribution is -2.41. The normalized spacial score (nSPS) is 15.2. The van der Waals surface area contributed by atoms with Gasteiger partial charge in [-0.3, -0.25) is 14.3 Å². The Balaban J connectivity index is 1.44. The third kappa shape index (κ3) is 5.29. The number of rotatable bonds is 7. The van der Waals surface area contributed by atoms with E-state index in [0.29, 0.717) is 17.5 Å². The molecule has 1 saturated heterocycles. The van der Waals surface area contributed by atoms with Crippen LogP contribution in [0.2, 0.25) is 0 Å². The van der Waals surface area contributed by atoms with Gasteiger partial charge < -0.3 is 10.1 Å². The summed E-state index contributed by atoms with van der Waals surface area (Å²) in [7, 11) is 0. The Kier molecular flexibility index (Phi) is 6.43. The first-order valence-electron chi connectivity index (χ1n) is 8.39. The Bertz CT molecular complexity index is 683. The first-order chi connectivity index (χ1) is 12.2. The van der Waals surface area contributed by atoms with E-state index in [4.69, 9.17) is 4.74 Å². The molecule has 1 aliphatic heterocycles. The van der Waals surface area contributed by atoms with E-state index in [1.165, 1.54) is 17.3 Å². The largest absolute Gasteiger partial charge is 0.379 e. The van der Waals surface area contributed by atoms with E-state index in [0.717, 1.165) is 38.5 Å². The monoisotopic (exact) mass is 361 g/mol. The number of hydrogen-bond donors (Lipinski definition) is 1. The average Bonchev–Trinajstić information content (AvgIpc) is 3.10. The van der Waals surface area contributed by atoms with Gasteiger partial charge in [0, 0.05) is 31.9 Å². The van der Waals surface area contributed by atoms with Gasteiger partial charge in [-0.25, -0.2) is 0 Å². The van der Waals surface area contributed by atoms with Gasteiger partial charge in [0.25, 0.3) is 0 Å². The first kappa shape index (κ1) is 17.9. The van der Waals surface area contributed by atoms with Crippen LogP contribution in [-0.2, 0) is 9.53 Å². The molecule has 0 spiro atoms. The van der Waals surface area contributed by atoms with E-state index >= 15 is 0 Å². The van der Waals surface area contributed by atoms with Crippen LogP contribution in [0.25, 0.3) is 5.69 Å². The van der Waals surface area contributed by atoms with Crippen LogP contribution in [0.1, 0.15) is 5.56 Å². The van der Waals surface area contributed by atoms with Crippen LogP contribution in [0.15, 0.2) is 35.7 Å². The third-order valence-corrected chi connectivity index (χ3v) is 4.96. The Morgan fingerprint density at radius 1 is 1.28 bits per heavy atom. The number of nitrogens with one attached hydrogen (secondary N) is 1. The number of nitrogens with zero attached hydrogens (tertiary/aromatic N) is 4. The number of carbonyl (C=O) groups is 1. The summed E-state index contributed by atoms with van der Waals surface area (Å²) in [6.45, 7) is 6.99. The van der Waals surface area contributed by atoms with E-state index in [-0.39, 0.29) is 5.91 Å². The van der Waals surface area contributed by atoms with Crippen LogP contribution in [0.4, 0.5) is 0 Å². The zero-order valence-corrected chi connectivity index (χ0v) is 15.2. The standard InChI is InChI=1S/C17H23N5O2S/c1-14-2-4-15(5-3-14)22-13-19-20-17(22)25-12-16(23)18-6-7-21-8-10-24-11-9-21/h2-5,13H,6-12H2,1H3,(H,18,23). The lowest BCUT2D eigenvalue weighted by molar-refractivity contribution is -0.118. The van der Waals surface area contributed by atoms with E-state index in [1.54, 1.807) is 6.33 Å². The fourth-order valence-electron chi connectivity index (χ4n) is 2.56. The van der Waals surface area contributed by atoms with Gasteiger partial charge in [-0.05, 0) is 19.1 Å². The summed E-state index contributed by atoms with van der Waals surface area (Å²) in [5, 5.41) is 11.8. The Morgan fingerprint density at radius 3 is 2.80 bits per heavy atom. The summed E-state index contributed by atoms with van der Waals surface area (Å²) in [5.74, 6) is 0.338. The van der Waals surface area contributed by atoms with E-state index < -0.39 is 0 Å². The van der Waals surface area contributed by atoms with Gasteiger partial charge in [-0.1, -0.05) is 29.5 Å². The Labute approximate surface area is 151 Å². The number of amides is 1. The molecule has 8 heteroatoms. The number of hydrogen-bond acceptors (Lipinski definition) is 6. The summed E-state index contributed by atoms with van der Waals surface area (Å²) in [5.41, 5.74) is 2.19. The summed E-state index contributed by atoms with van der Waals surface area (Å²) in [6.07, 6.45) is 1.67. The van der Waals surface area contributed by atoms with Gasteiger partial charge in [0.05, 0.1) is 19.0 Å². The highest BCUT2D eigenvalue weighted by Crippen LogP contribution is 2.19. The summed E-state index contributed by atoms with van der Waals surface area (Å²) >= 11 is 1.39. The smallest absolute Gasteiger partial charge is 0.230 e.